The summed E-state index contributed by atoms with van der Waals surface area (Å²) < 4.78 is 2.30. The van der Waals surface area contributed by atoms with Crippen LogP contribution in [0.4, 0.5) is 0 Å². The van der Waals surface area contributed by atoms with Gasteiger partial charge in [0.1, 0.15) is 0 Å². The molecule has 0 saturated heterocycles. The Hall–Kier alpha value is -3.31. The predicted molar refractivity (Wildman–Crippen MR) is 115 cm³/mol. The summed E-state index contributed by atoms with van der Waals surface area (Å²) >= 11 is 0. The number of carbonyl (C=O) groups is 1. The highest BCUT2D eigenvalue weighted by molar-refractivity contribution is 5.98. The van der Waals surface area contributed by atoms with E-state index in [1.165, 1.54) is 11.3 Å². The molecule has 0 fully saturated rings. The highest BCUT2D eigenvalue weighted by Crippen LogP contribution is 2.21. The lowest BCUT2D eigenvalue weighted by Gasteiger charge is -2.37. The van der Waals surface area contributed by atoms with E-state index in [1.807, 2.05) is 36.5 Å². The zero-order chi connectivity index (χ0) is 19.6. The zero-order valence-electron chi connectivity index (χ0n) is 16.2. The van der Waals surface area contributed by atoms with Gasteiger partial charge in [0.25, 0.3) is 5.91 Å². The fourth-order valence-electron chi connectivity index (χ4n) is 4.15. The van der Waals surface area contributed by atoms with Crippen LogP contribution in [-0.2, 0) is 19.6 Å². The van der Waals surface area contributed by atoms with Gasteiger partial charge in [0.2, 0.25) is 0 Å². The number of fused-ring (bicyclic) bond motifs is 2. The summed E-state index contributed by atoms with van der Waals surface area (Å²) in [5.74, 6) is -0.0222. The summed E-state index contributed by atoms with van der Waals surface area (Å²) in [6.45, 7) is 3.26. The quantitative estimate of drug-likeness (QED) is 0.550. The summed E-state index contributed by atoms with van der Waals surface area (Å²) in [4.78, 5) is 18.4. The molecule has 5 nitrogen and oxygen atoms in total. The average Bonchev–Trinajstić information content (AvgIpc) is 3.40. The van der Waals surface area contributed by atoms with Crippen molar-refractivity contribution in [1.29, 1.82) is 0 Å². The lowest BCUT2D eigenvalue weighted by Crippen LogP contribution is -2.48. The van der Waals surface area contributed by atoms with Crippen molar-refractivity contribution >= 4 is 16.8 Å². The van der Waals surface area contributed by atoms with Crippen molar-refractivity contribution in [2.24, 2.45) is 0 Å². The molecule has 146 valence electrons. The molecule has 0 radical (unpaired) electrons. The summed E-state index contributed by atoms with van der Waals surface area (Å²) in [6, 6.07) is 22.8. The Kier molecular flexibility index (Phi) is 4.66. The topological polar surface area (TPSA) is 53.1 Å². The second kappa shape index (κ2) is 7.60. The van der Waals surface area contributed by atoms with Gasteiger partial charge in [0.15, 0.2) is 0 Å². The predicted octanol–water partition coefficient (Wildman–Crippen LogP) is 3.78. The molecule has 0 spiro atoms. The first-order valence-electron chi connectivity index (χ1n) is 10.0. The maximum atomic E-state index is 12.8. The summed E-state index contributed by atoms with van der Waals surface area (Å²) in [6.07, 6.45) is 4.02. The minimum atomic E-state index is -0.0222. The number of nitrogens with zero attached hydrogens (tertiary/aromatic N) is 2. The fraction of sp³-hybridized carbons (Fsp3) is 0.208. The Morgan fingerprint density at radius 2 is 1.97 bits per heavy atom. The van der Waals surface area contributed by atoms with Crippen LogP contribution in [0.1, 0.15) is 21.6 Å². The van der Waals surface area contributed by atoms with Crippen molar-refractivity contribution in [3.63, 3.8) is 0 Å². The highest BCUT2D eigenvalue weighted by Gasteiger charge is 2.26. The molecule has 0 saturated carbocycles. The van der Waals surface area contributed by atoms with E-state index in [1.54, 1.807) is 0 Å². The molecule has 4 aromatic rings. The van der Waals surface area contributed by atoms with E-state index in [0.717, 1.165) is 30.5 Å². The molecule has 29 heavy (non-hydrogen) atoms. The summed E-state index contributed by atoms with van der Waals surface area (Å²) in [5.41, 5.74) is 4.36. The third-order valence-electron chi connectivity index (χ3n) is 5.75. The van der Waals surface area contributed by atoms with Gasteiger partial charge in [-0.05, 0) is 42.0 Å². The van der Waals surface area contributed by atoms with E-state index in [2.05, 4.69) is 62.4 Å². The van der Waals surface area contributed by atoms with Crippen LogP contribution in [-0.4, -0.2) is 32.9 Å². The van der Waals surface area contributed by atoms with Gasteiger partial charge in [-0.1, -0.05) is 30.3 Å². The van der Waals surface area contributed by atoms with Crippen molar-refractivity contribution < 1.29 is 4.79 Å². The SMILES string of the molecule is O=C(NCC1Cn2cccc2CN1Cc1ccccc1)c1ccc2[nH]ccc2c1. The molecule has 0 bridgehead atoms. The molecule has 1 unspecified atom stereocenters. The normalized spacial score (nSPS) is 16.6. The Balaban J connectivity index is 1.31. The number of hydrogen-bond acceptors (Lipinski definition) is 2. The second-order valence-electron chi connectivity index (χ2n) is 7.69. The fourth-order valence-corrected chi connectivity index (χ4v) is 4.15. The van der Waals surface area contributed by atoms with Crippen LogP contribution in [0.15, 0.2) is 79.1 Å². The van der Waals surface area contributed by atoms with Crippen molar-refractivity contribution in [3.05, 3.63) is 95.9 Å². The second-order valence-corrected chi connectivity index (χ2v) is 7.69. The lowest BCUT2D eigenvalue weighted by atomic mass is 10.1. The molecule has 2 N–H and O–H groups in total. The number of aromatic amines is 1. The van der Waals surface area contributed by atoms with Crippen LogP contribution < -0.4 is 5.32 Å². The Labute approximate surface area is 170 Å². The molecule has 5 heteroatoms. The van der Waals surface area contributed by atoms with Crippen molar-refractivity contribution in [2.45, 2.75) is 25.7 Å². The number of rotatable bonds is 5. The number of H-pyrrole nitrogens is 1. The smallest absolute Gasteiger partial charge is 0.251 e. The van der Waals surface area contributed by atoms with Crippen LogP contribution in [0.5, 0.6) is 0 Å². The van der Waals surface area contributed by atoms with Gasteiger partial charge in [-0.3, -0.25) is 9.69 Å². The van der Waals surface area contributed by atoms with Crippen molar-refractivity contribution in [1.82, 2.24) is 19.8 Å². The van der Waals surface area contributed by atoms with Crippen LogP contribution in [0, 0.1) is 0 Å². The largest absolute Gasteiger partial charge is 0.361 e. The van der Waals surface area contributed by atoms with E-state index in [4.69, 9.17) is 0 Å². The first kappa shape index (κ1) is 17.8. The van der Waals surface area contributed by atoms with Crippen LogP contribution in [0.2, 0.25) is 0 Å². The molecule has 3 heterocycles. The molecular weight excluding hydrogens is 360 g/mol. The van der Waals surface area contributed by atoms with E-state index < -0.39 is 0 Å². The monoisotopic (exact) mass is 384 g/mol. The molecule has 1 aliphatic heterocycles. The van der Waals surface area contributed by atoms with E-state index in [9.17, 15) is 4.79 Å². The van der Waals surface area contributed by atoms with Crippen LogP contribution in [0.25, 0.3) is 10.9 Å². The number of carbonyl (C=O) groups excluding carboxylic acids is 1. The maximum absolute atomic E-state index is 12.8. The van der Waals surface area contributed by atoms with E-state index in [0.29, 0.717) is 12.1 Å². The first-order valence-corrected chi connectivity index (χ1v) is 10.0. The zero-order valence-corrected chi connectivity index (χ0v) is 16.2. The van der Waals surface area contributed by atoms with Gasteiger partial charge < -0.3 is 14.9 Å². The molecule has 1 aliphatic rings. The Morgan fingerprint density at radius 3 is 2.86 bits per heavy atom. The first-order chi connectivity index (χ1) is 14.3. The minimum Gasteiger partial charge on any atom is -0.361 e. The van der Waals surface area contributed by atoms with Gasteiger partial charge in [-0.25, -0.2) is 0 Å². The van der Waals surface area contributed by atoms with E-state index in [-0.39, 0.29) is 11.9 Å². The average molecular weight is 384 g/mol. The Bertz CT molecular complexity index is 1130. The number of nitrogens with one attached hydrogen (secondary N) is 2. The molecule has 0 aliphatic carbocycles. The van der Waals surface area contributed by atoms with Crippen molar-refractivity contribution in [3.8, 4) is 0 Å². The Morgan fingerprint density at radius 1 is 1.07 bits per heavy atom. The third kappa shape index (κ3) is 3.69. The molecule has 1 amide bonds. The summed E-state index contributed by atoms with van der Waals surface area (Å²) in [7, 11) is 0. The number of benzene rings is 2. The van der Waals surface area contributed by atoms with Crippen LogP contribution in [0.3, 0.4) is 0 Å². The van der Waals surface area contributed by atoms with Crippen molar-refractivity contribution in [2.75, 3.05) is 6.54 Å². The van der Waals surface area contributed by atoms with E-state index >= 15 is 0 Å². The minimum absolute atomic E-state index is 0.0222. The molecular formula is C24H24N4O. The number of aromatic nitrogens is 2. The molecule has 1 atom stereocenters. The molecule has 2 aromatic heterocycles. The van der Waals surface area contributed by atoms with Crippen LogP contribution >= 0.6 is 0 Å². The molecule has 2 aromatic carbocycles. The molecule has 5 rings (SSSR count). The number of hydrogen-bond donors (Lipinski definition) is 2. The number of amides is 1. The summed E-state index contributed by atoms with van der Waals surface area (Å²) in [5, 5.41) is 4.21. The standard InChI is InChI=1S/C24H24N4O/c29-24(20-8-9-23-19(13-20)10-11-25-23)26-14-22-17-27-12-4-7-21(27)16-28(22)15-18-5-2-1-3-6-18/h1-13,22,25H,14-17H2,(H,26,29). The van der Waals surface area contributed by atoms with Gasteiger partial charge >= 0.3 is 0 Å². The van der Waals surface area contributed by atoms with Gasteiger partial charge in [0.05, 0.1) is 0 Å². The lowest BCUT2D eigenvalue weighted by molar-refractivity contribution is 0.0898. The maximum Gasteiger partial charge on any atom is 0.251 e. The highest BCUT2D eigenvalue weighted by atomic mass is 16.1. The van der Waals surface area contributed by atoms with Gasteiger partial charge in [-0.2, -0.15) is 0 Å². The van der Waals surface area contributed by atoms with Gasteiger partial charge in [0, 0.05) is 66.8 Å². The van der Waals surface area contributed by atoms with Gasteiger partial charge in [-0.15, -0.1) is 0 Å². The third-order valence-corrected chi connectivity index (χ3v) is 5.75.